The van der Waals surface area contributed by atoms with E-state index in [0.717, 1.165) is 17.4 Å². The van der Waals surface area contributed by atoms with Gasteiger partial charge >= 0.3 is 0 Å². The van der Waals surface area contributed by atoms with Gasteiger partial charge in [-0.2, -0.15) is 5.10 Å². The Morgan fingerprint density at radius 2 is 2.26 bits per heavy atom. The van der Waals surface area contributed by atoms with Crippen LogP contribution in [-0.2, 0) is 7.05 Å². The second kappa shape index (κ2) is 6.85. The Labute approximate surface area is 136 Å². The van der Waals surface area contributed by atoms with Crippen LogP contribution < -0.4 is 5.32 Å². The number of hydrogen-bond donors (Lipinski definition) is 1. The zero-order valence-electron chi connectivity index (χ0n) is 11.0. The first kappa shape index (κ1) is 15.0. The molecule has 1 aromatic carbocycles. The molecule has 1 unspecified atom stereocenters. The first-order chi connectivity index (χ1) is 9.11. The highest BCUT2D eigenvalue weighted by Crippen LogP contribution is 2.29. The summed E-state index contributed by atoms with van der Waals surface area (Å²) in [7, 11) is 1.95. The number of hydrogen-bond acceptors (Lipinski definition) is 2. The second-order valence-corrected chi connectivity index (χ2v) is 6.60. The van der Waals surface area contributed by atoms with E-state index >= 15 is 0 Å². The molecule has 0 bridgehead atoms. The summed E-state index contributed by atoms with van der Waals surface area (Å²) in [5.41, 5.74) is 2.45. The van der Waals surface area contributed by atoms with Gasteiger partial charge in [-0.1, -0.05) is 22.9 Å². The lowest BCUT2D eigenvalue weighted by Gasteiger charge is -2.19. The smallest absolute Gasteiger partial charge is 0.0619 e. The molecule has 0 saturated carbocycles. The average Bonchev–Trinajstić information content (AvgIpc) is 2.80. The Hall–Kier alpha value is -0.400. The van der Waals surface area contributed by atoms with Gasteiger partial charge in [0.1, 0.15) is 0 Å². The molecule has 0 fully saturated rings. The zero-order valence-corrected chi connectivity index (χ0v) is 14.8. The Bertz CT molecular complexity index is 553. The number of nitrogens with zero attached hydrogens (tertiary/aromatic N) is 2. The minimum atomic E-state index is 0.178. The molecule has 1 heterocycles. The minimum Gasteiger partial charge on any atom is -0.306 e. The summed E-state index contributed by atoms with van der Waals surface area (Å²) in [6, 6.07) is 6.60. The quantitative estimate of drug-likeness (QED) is 0.725. The van der Waals surface area contributed by atoms with Gasteiger partial charge in [0.25, 0.3) is 0 Å². The van der Waals surface area contributed by atoms with Gasteiger partial charge in [-0.15, -0.1) is 0 Å². The number of nitrogens with one attached hydrogen (secondary N) is 1. The topological polar surface area (TPSA) is 29.9 Å². The Kier molecular flexibility index (Phi) is 5.41. The largest absolute Gasteiger partial charge is 0.306 e. The summed E-state index contributed by atoms with van der Waals surface area (Å²) in [4.78, 5) is 0. The van der Waals surface area contributed by atoms with Crippen molar-refractivity contribution in [3.63, 3.8) is 0 Å². The van der Waals surface area contributed by atoms with E-state index in [1.165, 1.54) is 14.7 Å². The maximum absolute atomic E-state index is 4.28. The fraction of sp³-hybridized carbons (Fsp3) is 0.357. The van der Waals surface area contributed by atoms with Gasteiger partial charge in [0.15, 0.2) is 0 Å². The molecule has 0 aliphatic heterocycles. The van der Waals surface area contributed by atoms with E-state index in [0.29, 0.717) is 0 Å². The van der Waals surface area contributed by atoms with E-state index in [-0.39, 0.29) is 6.04 Å². The van der Waals surface area contributed by atoms with Crippen LogP contribution in [0.1, 0.15) is 30.5 Å². The lowest BCUT2D eigenvalue weighted by molar-refractivity contribution is 0.596. The van der Waals surface area contributed by atoms with Crippen LogP contribution in [0.5, 0.6) is 0 Å². The van der Waals surface area contributed by atoms with E-state index in [4.69, 9.17) is 0 Å². The monoisotopic (exact) mass is 433 g/mol. The van der Waals surface area contributed by atoms with Gasteiger partial charge in [-0.05, 0) is 59.3 Å². The normalized spacial score (nSPS) is 12.6. The highest BCUT2D eigenvalue weighted by molar-refractivity contribution is 14.1. The highest BCUT2D eigenvalue weighted by Gasteiger charge is 2.17. The van der Waals surface area contributed by atoms with Crippen LogP contribution in [0.25, 0.3) is 0 Å². The summed E-state index contributed by atoms with van der Waals surface area (Å²) in [5.74, 6) is 0. The molecule has 1 N–H and O–H groups in total. The van der Waals surface area contributed by atoms with Crippen molar-refractivity contribution in [2.24, 2.45) is 7.05 Å². The number of aromatic nitrogens is 2. The van der Waals surface area contributed by atoms with Crippen LogP contribution in [-0.4, -0.2) is 16.3 Å². The molecule has 1 aromatic heterocycles. The van der Waals surface area contributed by atoms with Crippen LogP contribution in [0.3, 0.4) is 0 Å². The third-order valence-corrected chi connectivity index (χ3v) is 4.32. The van der Waals surface area contributed by atoms with Crippen molar-refractivity contribution in [3.05, 3.63) is 49.8 Å². The van der Waals surface area contributed by atoms with Crippen LogP contribution in [0, 0.1) is 3.57 Å². The van der Waals surface area contributed by atoms with Gasteiger partial charge < -0.3 is 5.32 Å². The third kappa shape index (κ3) is 3.79. The van der Waals surface area contributed by atoms with E-state index in [1.807, 2.05) is 17.9 Å². The molecule has 0 radical (unpaired) electrons. The third-order valence-electron chi connectivity index (χ3n) is 2.93. The molecule has 0 spiro atoms. The van der Waals surface area contributed by atoms with E-state index in [9.17, 15) is 0 Å². The van der Waals surface area contributed by atoms with Crippen molar-refractivity contribution in [1.29, 1.82) is 0 Å². The summed E-state index contributed by atoms with van der Waals surface area (Å²) in [6.45, 7) is 3.16. The fourth-order valence-corrected chi connectivity index (χ4v) is 3.01. The molecule has 0 saturated heterocycles. The molecule has 0 amide bonds. The highest BCUT2D eigenvalue weighted by atomic mass is 127. The van der Waals surface area contributed by atoms with Crippen molar-refractivity contribution in [3.8, 4) is 0 Å². The maximum atomic E-state index is 4.28. The first-order valence-electron chi connectivity index (χ1n) is 6.28. The van der Waals surface area contributed by atoms with Crippen LogP contribution in [0.2, 0.25) is 0 Å². The second-order valence-electron chi connectivity index (χ2n) is 4.50. The SMILES string of the molecule is CCCNC(c1cnn(C)c1)c1cc(I)ccc1Br. The molecule has 5 heteroatoms. The van der Waals surface area contributed by atoms with Crippen molar-refractivity contribution in [2.45, 2.75) is 19.4 Å². The summed E-state index contributed by atoms with van der Waals surface area (Å²) in [5, 5.41) is 7.88. The van der Waals surface area contributed by atoms with Crippen LogP contribution >= 0.6 is 38.5 Å². The lowest BCUT2D eigenvalue weighted by Crippen LogP contribution is -2.23. The lowest BCUT2D eigenvalue weighted by atomic mass is 10.0. The van der Waals surface area contributed by atoms with Gasteiger partial charge in [-0.25, -0.2) is 0 Å². The number of rotatable bonds is 5. The standard InChI is InChI=1S/C14H17BrIN3/c1-3-6-17-14(10-8-18-19(2)9-10)12-7-11(16)4-5-13(12)15/h4-5,7-9,14,17H,3,6H2,1-2H3. The van der Waals surface area contributed by atoms with Crippen LogP contribution in [0.4, 0.5) is 0 Å². The van der Waals surface area contributed by atoms with E-state index in [2.05, 4.69) is 80.3 Å². The zero-order chi connectivity index (χ0) is 13.8. The molecule has 102 valence electrons. The molecule has 0 aliphatic rings. The van der Waals surface area contributed by atoms with Gasteiger partial charge in [0, 0.05) is 26.9 Å². The van der Waals surface area contributed by atoms with Crippen molar-refractivity contribution < 1.29 is 0 Å². The first-order valence-corrected chi connectivity index (χ1v) is 8.16. The Morgan fingerprint density at radius 1 is 1.47 bits per heavy atom. The van der Waals surface area contributed by atoms with Crippen LogP contribution in [0.15, 0.2) is 35.1 Å². The van der Waals surface area contributed by atoms with E-state index < -0.39 is 0 Å². The molecule has 1 atom stereocenters. The molecule has 2 aromatic rings. The number of benzene rings is 1. The molecule has 19 heavy (non-hydrogen) atoms. The minimum absolute atomic E-state index is 0.178. The van der Waals surface area contributed by atoms with Crippen molar-refractivity contribution in [1.82, 2.24) is 15.1 Å². The number of aryl methyl sites for hydroxylation is 1. The van der Waals surface area contributed by atoms with Crippen molar-refractivity contribution >= 4 is 38.5 Å². The van der Waals surface area contributed by atoms with Crippen molar-refractivity contribution in [2.75, 3.05) is 6.54 Å². The molecule has 2 rings (SSSR count). The van der Waals surface area contributed by atoms with E-state index in [1.54, 1.807) is 0 Å². The number of halogens is 2. The molecular formula is C14H17BrIN3. The summed E-state index contributed by atoms with van der Waals surface area (Å²) >= 11 is 6.00. The average molecular weight is 434 g/mol. The predicted octanol–water partition coefficient (Wildman–Crippen LogP) is 3.88. The molecular weight excluding hydrogens is 417 g/mol. The maximum Gasteiger partial charge on any atom is 0.0619 e. The summed E-state index contributed by atoms with van der Waals surface area (Å²) in [6.07, 6.45) is 5.11. The predicted molar refractivity (Wildman–Crippen MR) is 90.2 cm³/mol. The van der Waals surface area contributed by atoms with Gasteiger partial charge in [-0.3, -0.25) is 4.68 Å². The van der Waals surface area contributed by atoms with Gasteiger partial charge in [0.2, 0.25) is 0 Å². The fourth-order valence-electron chi connectivity index (χ4n) is 2.02. The Balaban J connectivity index is 2.39. The Morgan fingerprint density at radius 3 is 2.89 bits per heavy atom. The van der Waals surface area contributed by atoms with Gasteiger partial charge in [0.05, 0.1) is 12.2 Å². The summed E-state index contributed by atoms with van der Waals surface area (Å²) < 4.78 is 4.21. The molecule has 3 nitrogen and oxygen atoms in total. The molecule has 0 aliphatic carbocycles.